The van der Waals surface area contributed by atoms with Gasteiger partial charge in [0.1, 0.15) is 5.82 Å². The van der Waals surface area contributed by atoms with Crippen molar-refractivity contribution in [2.24, 2.45) is 5.84 Å². The average Bonchev–Trinajstić information content (AvgIpc) is 2.92. The molecule has 1 unspecified atom stereocenters. The number of nitrogens with two attached hydrogens (primary N) is 1. The van der Waals surface area contributed by atoms with Crippen molar-refractivity contribution in [3.05, 3.63) is 55.4 Å². The monoisotopic (exact) mass is 368 g/mol. The van der Waals surface area contributed by atoms with E-state index in [-0.39, 0.29) is 11.9 Å². The van der Waals surface area contributed by atoms with Gasteiger partial charge in [-0.15, -0.1) is 11.3 Å². The Morgan fingerprint density at radius 1 is 1.33 bits per heavy atom. The van der Waals surface area contributed by atoms with Crippen LogP contribution >= 0.6 is 27.3 Å². The molecule has 0 bridgehead atoms. The van der Waals surface area contributed by atoms with Crippen LogP contribution in [0.5, 0.6) is 0 Å². The van der Waals surface area contributed by atoms with E-state index in [0.29, 0.717) is 10.9 Å². The van der Waals surface area contributed by atoms with E-state index in [9.17, 15) is 4.39 Å². The molecule has 21 heavy (non-hydrogen) atoms. The van der Waals surface area contributed by atoms with Crippen molar-refractivity contribution in [2.45, 2.75) is 38.1 Å². The summed E-state index contributed by atoms with van der Waals surface area (Å²) in [5.41, 5.74) is 5.30. The first-order valence-electron chi connectivity index (χ1n) is 7.19. The highest BCUT2D eigenvalue weighted by molar-refractivity contribution is 9.10. The minimum Gasteiger partial charge on any atom is -0.271 e. The quantitative estimate of drug-likeness (QED) is 0.624. The first kappa shape index (κ1) is 15.2. The van der Waals surface area contributed by atoms with Gasteiger partial charge in [-0.1, -0.05) is 12.1 Å². The second kappa shape index (κ2) is 6.57. The maximum atomic E-state index is 13.6. The van der Waals surface area contributed by atoms with Crippen molar-refractivity contribution < 1.29 is 4.39 Å². The lowest BCUT2D eigenvalue weighted by atomic mass is 9.98. The fourth-order valence-corrected chi connectivity index (χ4v) is 4.60. The van der Waals surface area contributed by atoms with Gasteiger partial charge in [-0.2, -0.15) is 0 Å². The van der Waals surface area contributed by atoms with E-state index in [1.807, 2.05) is 17.4 Å². The molecule has 1 atom stereocenters. The van der Waals surface area contributed by atoms with Gasteiger partial charge in [0.05, 0.1) is 10.5 Å². The van der Waals surface area contributed by atoms with Crippen molar-refractivity contribution in [3.8, 4) is 0 Å². The molecule has 0 fully saturated rings. The van der Waals surface area contributed by atoms with Crippen molar-refractivity contribution in [3.63, 3.8) is 0 Å². The van der Waals surface area contributed by atoms with Crippen molar-refractivity contribution in [2.75, 3.05) is 0 Å². The highest BCUT2D eigenvalue weighted by atomic mass is 79.9. The van der Waals surface area contributed by atoms with Crippen LogP contribution in [-0.2, 0) is 19.3 Å². The summed E-state index contributed by atoms with van der Waals surface area (Å²) < 4.78 is 14.2. The van der Waals surface area contributed by atoms with E-state index in [1.54, 1.807) is 6.07 Å². The predicted octanol–water partition coefficient (Wildman–Crippen LogP) is 4.28. The van der Waals surface area contributed by atoms with Gasteiger partial charge in [0, 0.05) is 9.75 Å². The number of rotatable bonds is 4. The summed E-state index contributed by atoms with van der Waals surface area (Å²) in [5, 5.41) is 0. The molecule has 5 heteroatoms. The Bertz CT molecular complexity index is 618. The number of fused-ring (bicyclic) bond motifs is 1. The molecule has 1 aliphatic rings. The van der Waals surface area contributed by atoms with Crippen LogP contribution in [-0.4, -0.2) is 0 Å². The Morgan fingerprint density at radius 3 is 2.90 bits per heavy atom. The fraction of sp³-hybridized carbons (Fsp3) is 0.375. The van der Waals surface area contributed by atoms with Crippen molar-refractivity contribution in [1.29, 1.82) is 0 Å². The highest BCUT2D eigenvalue weighted by Gasteiger charge is 2.20. The number of benzene rings is 1. The van der Waals surface area contributed by atoms with Crippen LogP contribution in [0.15, 0.2) is 28.7 Å². The number of nitrogens with one attached hydrogen (secondary N) is 1. The van der Waals surface area contributed by atoms with Crippen LogP contribution in [0.3, 0.4) is 0 Å². The van der Waals surface area contributed by atoms with Crippen LogP contribution in [0.4, 0.5) is 4.39 Å². The first-order valence-corrected chi connectivity index (χ1v) is 8.80. The average molecular weight is 369 g/mol. The van der Waals surface area contributed by atoms with Gasteiger partial charge in [-0.25, -0.2) is 4.39 Å². The number of hydrazine groups is 1. The third kappa shape index (κ3) is 3.21. The largest absolute Gasteiger partial charge is 0.271 e. The van der Waals surface area contributed by atoms with Gasteiger partial charge in [0.25, 0.3) is 0 Å². The summed E-state index contributed by atoms with van der Waals surface area (Å²) in [6.07, 6.45) is 5.59. The smallest absolute Gasteiger partial charge is 0.137 e. The molecule has 0 saturated carbocycles. The van der Waals surface area contributed by atoms with Crippen LogP contribution in [0.2, 0.25) is 0 Å². The first-order chi connectivity index (χ1) is 10.2. The van der Waals surface area contributed by atoms with Gasteiger partial charge in [0.15, 0.2) is 0 Å². The van der Waals surface area contributed by atoms with E-state index in [2.05, 4.69) is 27.4 Å². The second-order valence-electron chi connectivity index (χ2n) is 5.44. The topological polar surface area (TPSA) is 38.0 Å². The molecule has 1 aliphatic carbocycles. The Morgan fingerprint density at radius 2 is 2.14 bits per heavy atom. The maximum absolute atomic E-state index is 13.6. The highest BCUT2D eigenvalue weighted by Crippen LogP contribution is 2.34. The standard InChI is InChI=1S/C16H18BrFN2S/c17-16-11(5-3-6-12(16)18)8-13(20-19)15-9-10-4-1-2-7-14(10)21-15/h3,5-6,9,13,20H,1-2,4,7-8,19H2. The number of thiophene rings is 1. The Balaban J connectivity index is 1.85. The van der Waals surface area contributed by atoms with E-state index in [4.69, 9.17) is 5.84 Å². The van der Waals surface area contributed by atoms with Crippen molar-refractivity contribution in [1.82, 2.24) is 5.43 Å². The summed E-state index contributed by atoms with van der Waals surface area (Å²) in [7, 11) is 0. The van der Waals surface area contributed by atoms with Crippen LogP contribution in [0.25, 0.3) is 0 Å². The summed E-state index contributed by atoms with van der Waals surface area (Å²) in [5.74, 6) is 5.52. The third-order valence-corrected chi connectivity index (χ3v) is 6.25. The molecule has 3 rings (SSSR count). The minimum atomic E-state index is -0.228. The van der Waals surface area contributed by atoms with Gasteiger partial charge >= 0.3 is 0 Å². The van der Waals surface area contributed by atoms with Crippen LogP contribution in [0.1, 0.15) is 39.8 Å². The van der Waals surface area contributed by atoms with Crippen LogP contribution in [0, 0.1) is 5.82 Å². The minimum absolute atomic E-state index is 0.0266. The van der Waals surface area contributed by atoms with Gasteiger partial charge in [-0.05, 0) is 71.3 Å². The molecule has 0 aliphatic heterocycles. The molecule has 1 aromatic heterocycles. The number of hydrogen-bond acceptors (Lipinski definition) is 3. The second-order valence-corrected chi connectivity index (χ2v) is 7.40. The molecule has 2 nitrogen and oxygen atoms in total. The summed E-state index contributed by atoms with van der Waals surface area (Å²) in [6.45, 7) is 0. The Hall–Kier alpha value is -0.750. The van der Waals surface area contributed by atoms with E-state index in [1.165, 1.54) is 47.1 Å². The molecule has 2 aromatic rings. The molecule has 0 radical (unpaired) electrons. The van der Waals surface area contributed by atoms with E-state index < -0.39 is 0 Å². The lowest BCUT2D eigenvalue weighted by Crippen LogP contribution is -2.29. The predicted molar refractivity (Wildman–Crippen MR) is 88.8 cm³/mol. The van der Waals surface area contributed by atoms with Gasteiger partial charge in [0.2, 0.25) is 0 Å². The normalized spacial score (nSPS) is 15.8. The fourth-order valence-electron chi connectivity index (χ4n) is 2.85. The lowest BCUT2D eigenvalue weighted by molar-refractivity contribution is 0.554. The number of hydrogen-bond donors (Lipinski definition) is 2. The Kier molecular flexibility index (Phi) is 4.74. The SMILES string of the molecule is NNC(Cc1cccc(F)c1Br)c1cc2c(s1)CCCC2. The molecule has 3 N–H and O–H groups in total. The number of halogens is 2. The van der Waals surface area contributed by atoms with Gasteiger partial charge < -0.3 is 0 Å². The molecule has 0 amide bonds. The molecule has 0 saturated heterocycles. The van der Waals surface area contributed by atoms with E-state index >= 15 is 0 Å². The zero-order valence-electron chi connectivity index (χ0n) is 11.7. The lowest BCUT2D eigenvalue weighted by Gasteiger charge is -2.15. The molecule has 1 aromatic carbocycles. The van der Waals surface area contributed by atoms with Crippen LogP contribution < -0.4 is 11.3 Å². The molecular weight excluding hydrogens is 351 g/mol. The maximum Gasteiger partial charge on any atom is 0.137 e. The van der Waals surface area contributed by atoms with E-state index in [0.717, 1.165) is 5.56 Å². The number of aryl methyl sites for hydroxylation is 2. The summed E-state index contributed by atoms with van der Waals surface area (Å²) in [6, 6.07) is 7.44. The summed E-state index contributed by atoms with van der Waals surface area (Å²) >= 11 is 5.17. The molecule has 1 heterocycles. The van der Waals surface area contributed by atoms with Crippen molar-refractivity contribution >= 4 is 27.3 Å². The zero-order chi connectivity index (χ0) is 14.8. The van der Waals surface area contributed by atoms with Gasteiger partial charge in [-0.3, -0.25) is 11.3 Å². The summed E-state index contributed by atoms with van der Waals surface area (Å²) in [4.78, 5) is 2.75. The Labute approximate surface area is 136 Å². The molecule has 112 valence electrons. The molecule has 0 spiro atoms. The molecular formula is C16H18BrFN2S. The zero-order valence-corrected chi connectivity index (χ0v) is 14.1. The third-order valence-electron chi connectivity index (χ3n) is 4.02.